The Bertz CT molecular complexity index is 1190. The molecule has 6 atom stereocenters. The molecule has 0 spiro atoms. The van der Waals surface area contributed by atoms with E-state index in [-0.39, 0.29) is 32.1 Å². The van der Waals surface area contributed by atoms with Gasteiger partial charge in [-0.05, 0) is 57.3 Å². The molecule has 4 unspecified atom stereocenters. The van der Waals surface area contributed by atoms with Gasteiger partial charge in [-0.2, -0.15) is 0 Å². The zero-order chi connectivity index (χ0) is 42.1. The number of allylic oxidation sites excluding steroid dienone is 5. The number of carbonyl (C=O) groups excluding carboxylic acids is 2. The van der Waals surface area contributed by atoms with Crippen LogP contribution in [0.15, 0.2) is 36.5 Å². The number of hydrogen-bond acceptors (Lipinski definition) is 12. The fourth-order valence-electron chi connectivity index (χ4n) is 5.13. The first-order valence-electron chi connectivity index (χ1n) is 20.2. The highest BCUT2D eigenvalue weighted by Crippen LogP contribution is 2.43. The van der Waals surface area contributed by atoms with Crippen molar-refractivity contribution < 1.29 is 71.8 Å². The number of aliphatic hydroxyl groups excluding tert-OH is 3. The van der Waals surface area contributed by atoms with Crippen molar-refractivity contribution in [3.63, 3.8) is 0 Å². The van der Waals surface area contributed by atoms with Gasteiger partial charge in [-0.25, -0.2) is 9.13 Å². The minimum Gasteiger partial charge on any atom is -0.462 e. The number of phosphoric acid groups is 2. The van der Waals surface area contributed by atoms with E-state index in [0.717, 1.165) is 44.4 Å². The summed E-state index contributed by atoms with van der Waals surface area (Å²) >= 11 is 0. The summed E-state index contributed by atoms with van der Waals surface area (Å²) in [4.78, 5) is 52.5. The molecule has 0 heterocycles. The van der Waals surface area contributed by atoms with Crippen molar-refractivity contribution in [1.82, 2.24) is 0 Å². The Balaban J connectivity index is 4.78. The molecule has 15 nitrogen and oxygen atoms in total. The van der Waals surface area contributed by atoms with Crippen LogP contribution < -0.4 is 0 Å². The van der Waals surface area contributed by atoms with Crippen LogP contribution in [0.4, 0.5) is 0 Å². The molecule has 0 bridgehead atoms. The van der Waals surface area contributed by atoms with Crippen LogP contribution in [-0.4, -0.2) is 92.8 Å². The standard InChI is InChI=1S/C39H72O15P2/c1-4-6-7-8-9-10-11-12-13-14-18-21-25-36(41)37(42)26-23-28-38(43)50-31-35(32-53-56(48,49)52-30-34(40)29-51-55(45,46)47)54-39(44)27-22-19-16-15-17-20-24-33(3)5-2/h9-10,12-13,18,21,33-37,40-42H,4-8,11,14-17,19-20,22-32H2,1-3H3,(H,48,49)(H2,45,46,47)/b10-9-,13-12-,21-18-/t33?,34-,35+,36?,37?/m0/s1. The van der Waals surface area contributed by atoms with Crippen LogP contribution in [0.2, 0.25) is 0 Å². The highest BCUT2D eigenvalue weighted by Gasteiger charge is 2.28. The summed E-state index contributed by atoms with van der Waals surface area (Å²) in [6.45, 7) is 3.61. The molecule has 0 aliphatic heterocycles. The molecule has 0 aromatic rings. The Morgan fingerprint density at radius 1 is 0.625 bits per heavy atom. The lowest BCUT2D eigenvalue weighted by atomic mass is 10.00. The first kappa shape index (κ1) is 54.3. The topological polar surface area (TPSA) is 236 Å². The van der Waals surface area contributed by atoms with Crippen LogP contribution in [0.3, 0.4) is 0 Å². The summed E-state index contributed by atoms with van der Waals surface area (Å²) in [6.07, 6.45) is 22.1. The van der Waals surface area contributed by atoms with Crippen LogP contribution in [0.1, 0.15) is 143 Å². The van der Waals surface area contributed by atoms with Gasteiger partial charge in [0, 0.05) is 12.8 Å². The summed E-state index contributed by atoms with van der Waals surface area (Å²) in [7, 11) is -9.76. The monoisotopic (exact) mass is 842 g/mol. The van der Waals surface area contributed by atoms with E-state index in [2.05, 4.69) is 48.0 Å². The van der Waals surface area contributed by atoms with Crippen molar-refractivity contribution in [2.75, 3.05) is 26.4 Å². The van der Waals surface area contributed by atoms with Gasteiger partial charge in [0.2, 0.25) is 0 Å². The van der Waals surface area contributed by atoms with Crippen LogP contribution in [0.25, 0.3) is 0 Å². The van der Waals surface area contributed by atoms with Crippen molar-refractivity contribution in [2.45, 2.75) is 167 Å². The number of carbonyl (C=O) groups is 2. The molecule has 6 N–H and O–H groups in total. The molecule has 328 valence electrons. The second kappa shape index (κ2) is 34.2. The minimum atomic E-state index is -4.89. The molecular formula is C39H72O15P2. The second-order valence-corrected chi connectivity index (χ2v) is 16.8. The van der Waals surface area contributed by atoms with Crippen molar-refractivity contribution in [1.29, 1.82) is 0 Å². The molecule has 0 aliphatic carbocycles. The van der Waals surface area contributed by atoms with E-state index in [1.807, 2.05) is 12.2 Å². The highest BCUT2D eigenvalue weighted by atomic mass is 31.2. The Hall–Kier alpha value is -1.74. The Labute approximate surface area is 334 Å². The van der Waals surface area contributed by atoms with Gasteiger partial charge in [0.15, 0.2) is 6.10 Å². The fourth-order valence-corrected chi connectivity index (χ4v) is 6.29. The van der Waals surface area contributed by atoms with E-state index >= 15 is 0 Å². The maximum Gasteiger partial charge on any atom is 0.472 e. The van der Waals surface area contributed by atoms with E-state index in [4.69, 9.17) is 23.8 Å². The lowest BCUT2D eigenvalue weighted by Gasteiger charge is -2.20. The predicted molar refractivity (Wildman–Crippen MR) is 214 cm³/mol. The fraction of sp³-hybridized carbons (Fsp3) is 0.795. The third-order valence-corrected chi connectivity index (χ3v) is 10.2. The molecular weight excluding hydrogens is 770 g/mol. The molecule has 0 fully saturated rings. The lowest BCUT2D eigenvalue weighted by Crippen LogP contribution is -2.30. The van der Waals surface area contributed by atoms with Crippen molar-refractivity contribution in [2.24, 2.45) is 5.92 Å². The molecule has 0 aliphatic rings. The number of phosphoric ester groups is 2. The third-order valence-electron chi connectivity index (χ3n) is 8.76. The summed E-state index contributed by atoms with van der Waals surface area (Å²) in [5.41, 5.74) is 0. The number of rotatable bonds is 37. The zero-order valence-electron chi connectivity index (χ0n) is 33.9. The van der Waals surface area contributed by atoms with Crippen LogP contribution in [0.5, 0.6) is 0 Å². The van der Waals surface area contributed by atoms with E-state index in [1.54, 1.807) is 6.08 Å². The van der Waals surface area contributed by atoms with E-state index in [0.29, 0.717) is 12.8 Å². The molecule has 17 heteroatoms. The third kappa shape index (κ3) is 35.4. The minimum absolute atomic E-state index is 0.0688. The predicted octanol–water partition coefficient (Wildman–Crippen LogP) is 7.52. The van der Waals surface area contributed by atoms with Gasteiger partial charge in [0.1, 0.15) is 12.7 Å². The SMILES string of the molecule is CCCCC/C=C\C/C=C\C/C=C\CC(O)C(O)CCCC(=O)OC[C@H](COP(=O)(O)OC[C@@H](O)COP(=O)(O)O)OC(=O)CCCCCCCCC(C)CC. The van der Waals surface area contributed by atoms with E-state index in [1.165, 1.54) is 38.5 Å². The molecule has 0 aromatic carbocycles. The molecule has 0 amide bonds. The normalized spacial score (nSPS) is 16.2. The number of ether oxygens (including phenoxy) is 2. The molecule has 0 saturated carbocycles. The Kier molecular flexibility index (Phi) is 33.1. The number of esters is 2. The Morgan fingerprint density at radius 3 is 1.88 bits per heavy atom. The number of unbranched alkanes of at least 4 members (excludes halogenated alkanes) is 8. The molecule has 0 saturated heterocycles. The van der Waals surface area contributed by atoms with Gasteiger partial charge in [-0.15, -0.1) is 0 Å². The average molecular weight is 843 g/mol. The van der Waals surface area contributed by atoms with Gasteiger partial charge >= 0.3 is 27.6 Å². The lowest BCUT2D eigenvalue weighted by molar-refractivity contribution is -0.161. The first-order valence-corrected chi connectivity index (χ1v) is 23.3. The summed E-state index contributed by atoms with van der Waals surface area (Å²) in [5, 5.41) is 30.3. The van der Waals surface area contributed by atoms with Gasteiger partial charge in [-0.1, -0.05) is 115 Å². The molecule has 56 heavy (non-hydrogen) atoms. The van der Waals surface area contributed by atoms with Gasteiger partial charge in [0.25, 0.3) is 0 Å². The average Bonchev–Trinajstić information content (AvgIpc) is 3.15. The molecule has 0 rings (SSSR count). The quantitative estimate of drug-likeness (QED) is 0.0154. The first-order chi connectivity index (χ1) is 26.6. The van der Waals surface area contributed by atoms with Crippen LogP contribution in [-0.2, 0) is 41.8 Å². The summed E-state index contributed by atoms with van der Waals surface area (Å²) < 4.78 is 47.4. The van der Waals surface area contributed by atoms with Gasteiger partial charge in [0.05, 0.1) is 32.0 Å². The van der Waals surface area contributed by atoms with Crippen LogP contribution in [0, 0.1) is 5.92 Å². The van der Waals surface area contributed by atoms with Crippen molar-refractivity contribution in [3.8, 4) is 0 Å². The van der Waals surface area contributed by atoms with E-state index in [9.17, 15) is 38.9 Å². The number of aliphatic hydroxyl groups is 3. The van der Waals surface area contributed by atoms with Crippen molar-refractivity contribution in [3.05, 3.63) is 36.5 Å². The van der Waals surface area contributed by atoms with Gasteiger partial charge < -0.3 is 39.5 Å². The maximum absolute atomic E-state index is 12.6. The number of hydrogen-bond donors (Lipinski definition) is 6. The van der Waals surface area contributed by atoms with Crippen molar-refractivity contribution >= 4 is 27.6 Å². The Morgan fingerprint density at radius 2 is 1.21 bits per heavy atom. The maximum atomic E-state index is 12.6. The molecule has 0 radical (unpaired) electrons. The second-order valence-electron chi connectivity index (χ2n) is 14.1. The van der Waals surface area contributed by atoms with Crippen LogP contribution >= 0.6 is 15.6 Å². The zero-order valence-corrected chi connectivity index (χ0v) is 35.7. The largest absolute Gasteiger partial charge is 0.472 e. The molecule has 0 aromatic heterocycles. The van der Waals surface area contributed by atoms with E-state index < -0.39 is 78.4 Å². The summed E-state index contributed by atoms with van der Waals surface area (Å²) in [5.74, 6) is -0.604. The van der Waals surface area contributed by atoms with Gasteiger partial charge in [-0.3, -0.25) is 23.2 Å². The smallest absolute Gasteiger partial charge is 0.462 e. The highest BCUT2D eigenvalue weighted by molar-refractivity contribution is 7.47. The summed E-state index contributed by atoms with van der Waals surface area (Å²) in [6, 6.07) is 0.